The summed E-state index contributed by atoms with van der Waals surface area (Å²) in [5.41, 5.74) is 1.68. The van der Waals surface area contributed by atoms with E-state index in [-0.39, 0.29) is 5.92 Å². The Morgan fingerprint density at radius 3 is 2.48 bits per heavy atom. The van der Waals surface area contributed by atoms with Gasteiger partial charge in [-0.3, -0.25) is 0 Å². The van der Waals surface area contributed by atoms with Crippen LogP contribution < -0.4 is 0 Å². The third kappa shape index (κ3) is 3.56. The molecule has 2 aromatic rings. The topological polar surface area (TPSA) is 25.8 Å². The van der Waals surface area contributed by atoms with Crippen LogP contribution in [0.2, 0.25) is 0 Å². The molecule has 1 aromatic heterocycles. The van der Waals surface area contributed by atoms with Crippen molar-refractivity contribution in [3.63, 3.8) is 0 Å². The van der Waals surface area contributed by atoms with Crippen molar-refractivity contribution < 1.29 is 13.2 Å². The lowest BCUT2D eigenvalue weighted by molar-refractivity contribution is -0.145. The van der Waals surface area contributed by atoms with Gasteiger partial charge in [0.1, 0.15) is 0 Å². The molecule has 1 aliphatic rings. The summed E-state index contributed by atoms with van der Waals surface area (Å²) in [4.78, 5) is 8.00. The second-order valence-electron chi connectivity index (χ2n) is 4.99. The molecule has 0 bridgehead atoms. The van der Waals surface area contributed by atoms with Crippen LogP contribution in [0, 0.1) is 0 Å². The Labute approximate surface area is 124 Å². The van der Waals surface area contributed by atoms with Crippen LogP contribution in [-0.2, 0) is 11.9 Å². The standard InChI is InChI=1S/C15H13F3N2S/c16-15(17,18)14-19-8-12(13(20-14)11-6-7-11)21-9-10-4-2-1-3-5-10/h1-5,8,11H,6-7,9H2. The van der Waals surface area contributed by atoms with E-state index in [9.17, 15) is 13.2 Å². The fraction of sp³-hybridized carbons (Fsp3) is 0.333. The Balaban J connectivity index is 1.81. The lowest BCUT2D eigenvalue weighted by Gasteiger charge is -2.11. The SMILES string of the molecule is FC(F)(F)c1ncc(SCc2ccccc2)c(C2CC2)n1. The Kier molecular flexibility index (Phi) is 3.89. The van der Waals surface area contributed by atoms with Gasteiger partial charge < -0.3 is 0 Å². The van der Waals surface area contributed by atoms with Crippen LogP contribution in [-0.4, -0.2) is 9.97 Å². The minimum Gasteiger partial charge on any atom is -0.232 e. The van der Waals surface area contributed by atoms with Gasteiger partial charge in [-0.2, -0.15) is 13.2 Å². The second kappa shape index (κ2) is 5.67. The van der Waals surface area contributed by atoms with Gasteiger partial charge in [0.05, 0.1) is 5.69 Å². The first-order valence-electron chi connectivity index (χ1n) is 6.65. The Morgan fingerprint density at radius 1 is 1.14 bits per heavy atom. The highest BCUT2D eigenvalue weighted by Gasteiger charge is 2.37. The smallest absolute Gasteiger partial charge is 0.232 e. The molecule has 3 rings (SSSR count). The molecule has 2 nitrogen and oxygen atoms in total. The zero-order valence-electron chi connectivity index (χ0n) is 11.1. The molecule has 0 saturated heterocycles. The Morgan fingerprint density at radius 2 is 1.86 bits per heavy atom. The number of hydrogen-bond donors (Lipinski definition) is 0. The van der Waals surface area contributed by atoms with Crippen molar-refractivity contribution in [2.75, 3.05) is 0 Å². The van der Waals surface area contributed by atoms with Crippen LogP contribution in [0.3, 0.4) is 0 Å². The summed E-state index contributed by atoms with van der Waals surface area (Å²) in [5, 5.41) is 0. The molecule has 0 N–H and O–H groups in total. The molecular weight excluding hydrogens is 297 g/mol. The fourth-order valence-electron chi connectivity index (χ4n) is 2.02. The summed E-state index contributed by atoms with van der Waals surface area (Å²) in [6.45, 7) is 0. The van der Waals surface area contributed by atoms with Crippen LogP contribution in [0.5, 0.6) is 0 Å². The van der Waals surface area contributed by atoms with Crippen LogP contribution in [0.4, 0.5) is 13.2 Å². The molecule has 21 heavy (non-hydrogen) atoms. The van der Waals surface area contributed by atoms with E-state index in [0.29, 0.717) is 11.4 Å². The van der Waals surface area contributed by atoms with Gasteiger partial charge >= 0.3 is 6.18 Å². The highest BCUT2D eigenvalue weighted by atomic mass is 32.2. The van der Waals surface area contributed by atoms with Crippen molar-refractivity contribution in [1.82, 2.24) is 9.97 Å². The van der Waals surface area contributed by atoms with E-state index in [0.717, 1.165) is 23.3 Å². The predicted molar refractivity (Wildman–Crippen MR) is 75.0 cm³/mol. The van der Waals surface area contributed by atoms with Crippen LogP contribution in [0.25, 0.3) is 0 Å². The van der Waals surface area contributed by atoms with Gasteiger partial charge in [-0.25, -0.2) is 9.97 Å². The minimum atomic E-state index is -4.48. The van der Waals surface area contributed by atoms with Crippen LogP contribution >= 0.6 is 11.8 Å². The Bertz CT molecular complexity index is 625. The van der Waals surface area contributed by atoms with Crippen molar-refractivity contribution in [1.29, 1.82) is 0 Å². The third-order valence-electron chi connectivity index (χ3n) is 3.24. The quantitative estimate of drug-likeness (QED) is 0.768. The fourth-order valence-corrected chi connectivity index (χ4v) is 3.02. The predicted octanol–water partition coefficient (Wildman–Crippen LogP) is 4.67. The second-order valence-corrected chi connectivity index (χ2v) is 6.01. The van der Waals surface area contributed by atoms with Gasteiger partial charge in [0.15, 0.2) is 0 Å². The maximum Gasteiger partial charge on any atom is 0.451 e. The van der Waals surface area contributed by atoms with Crippen molar-refractivity contribution in [3.8, 4) is 0 Å². The summed E-state index contributed by atoms with van der Waals surface area (Å²) in [6.07, 6.45) is -1.34. The van der Waals surface area contributed by atoms with Crippen molar-refractivity contribution >= 4 is 11.8 Å². The largest absolute Gasteiger partial charge is 0.451 e. The molecule has 6 heteroatoms. The maximum atomic E-state index is 12.7. The summed E-state index contributed by atoms with van der Waals surface area (Å²) < 4.78 is 38.1. The first-order valence-corrected chi connectivity index (χ1v) is 7.63. The molecule has 1 aliphatic carbocycles. The number of alkyl halides is 3. The zero-order valence-corrected chi connectivity index (χ0v) is 11.9. The number of hydrogen-bond acceptors (Lipinski definition) is 3. The molecule has 1 heterocycles. The number of aromatic nitrogens is 2. The van der Waals surface area contributed by atoms with Gasteiger partial charge in [0, 0.05) is 22.8 Å². The Hall–Kier alpha value is -1.56. The highest BCUT2D eigenvalue weighted by molar-refractivity contribution is 7.98. The minimum absolute atomic E-state index is 0.160. The molecule has 1 fully saturated rings. The number of rotatable bonds is 4. The number of nitrogens with zero attached hydrogens (tertiary/aromatic N) is 2. The summed E-state index contributed by atoms with van der Waals surface area (Å²) in [5.74, 6) is -0.171. The lowest BCUT2D eigenvalue weighted by atomic mass is 10.2. The average Bonchev–Trinajstić information content (AvgIpc) is 3.29. The zero-order chi connectivity index (χ0) is 14.9. The summed E-state index contributed by atoms with van der Waals surface area (Å²) in [6, 6.07) is 9.82. The molecule has 0 spiro atoms. The van der Waals surface area contributed by atoms with Gasteiger partial charge in [0.2, 0.25) is 5.82 Å². The molecule has 110 valence electrons. The number of benzene rings is 1. The van der Waals surface area contributed by atoms with Crippen molar-refractivity contribution in [3.05, 3.63) is 53.6 Å². The molecule has 0 radical (unpaired) electrons. The third-order valence-corrected chi connectivity index (χ3v) is 4.34. The summed E-state index contributed by atoms with van der Waals surface area (Å²) >= 11 is 1.50. The molecular formula is C15H13F3N2S. The molecule has 1 aromatic carbocycles. The van der Waals surface area contributed by atoms with Gasteiger partial charge in [-0.05, 0) is 18.4 Å². The normalized spacial score (nSPS) is 15.2. The van der Waals surface area contributed by atoms with Gasteiger partial charge in [-0.1, -0.05) is 30.3 Å². The highest BCUT2D eigenvalue weighted by Crippen LogP contribution is 2.44. The molecule has 0 atom stereocenters. The summed E-state index contributed by atoms with van der Waals surface area (Å²) in [7, 11) is 0. The van der Waals surface area contributed by atoms with E-state index >= 15 is 0 Å². The van der Waals surface area contributed by atoms with E-state index < -0.39 is 12.0 Å². The molecule has 1 saturated carbocycles. The van der Waals surface area contributed by atoms with Crippen LogP contribution in [0.1, 0.15) is 35.8 Å². The first-order chi connectivity index (χ1) is 10.0. The van der Waals surface area contributed by atoms with E-state index in [1.165, 1.54) is 18.0 Å². The number of halogens is 3. The van der Waals surface area contributed by atoms with E-state index in [2.05, 4.69) is 9.97 Å². The van der Waals surface area contributed by atoms with Crippen molar-refractivity contribution in [2.24, 2.45) is 0 Å². The van der Waals surface area contributed by atoms with Crippen LogP contribution in [0.15, 0.2) is 41.4 Å². The molecule has 0 unspecified atom stereocenters. The van der Waals surface area contributed by atoms with Crippen molar-refractivity contribution in [2.45, 2.75) is 35.6 Å². The lowest BCUT2D eigenvalue weighted by Crippen LogP contribution is -2.12. The van der Waals surface area contributed by atoms with Gasteiger partial charge in [-0.15, -0.1) is 11.8 Å². The van der Waals surface area contributed by atoms with E-state index in [1.807, 2.05) is 30.3 Å². The maximum absolute atomic E-state index is 12.7. The van der Waals surface area contributed by atoms with E-state index in [4.69, 9.17) is 0 Å². The number of thioether (sulfide) groups is 1. The first kappa shape index (κ1) is 14.4. The molecule has 0 amide bonds. The molecule has 0 aliphatic heterocycles. The monoisotopic (exact) mass is 310 g/mol. The van der Waals surface area contributed by atoms with Gasteiger partial charge in [0.25, 0.3) is 0 Å². The average molecular weight is 310 g/mol. The van der Waals surface area contributed by atoms with E-state index in [1.54, 1.807) is 0 Å².